The number of hydrogen-bond acceptors (Lipinski definition) is 4. The summed E-state index contributed by atoms with van der Waals surface area (Å²) in [5.41, 5.74) is 0. The Morgan fingerprint density at radius 2 is 1.80 bits per heavy atom. The molecule has 0 bridgehead atoms. The summed E-state index contributed by atoms with van der Waals surface area (Å²) in [6, 6.07) is 0.327. The maximum absolute atomic E-state index is 12.9. The number of esters is 1. The van der Waals surface area contributed by atoms with Gasteiger partial charge in [0.15, 0.2) is 0 Å². The SMILES string of the molecule is CCOC(=O)[C@@H]1CCCN(C(=O)[C@@H]2CC(=O)N(C3CCCCC3)C2)C1. The normalized spacial score (nSPS) is 28.3. The third-order valence-electron chi connectivity index (χ3n) is 5.88. The van der Waals surface area contributed by atoms with Gasteiger partial charge in [-0.1, -0.05) is 19.3 Å². The van der Waals surface area contributed by atoms with Crippen LogP contribution < -0.4 is 0 Å². The number of carbonyl (C=O) groups is 3. The highest BCUT2D eigenvalue weighted by atomic mass is 16.5. The van der Waals surface area contributed by atoms with Crippen molar-refractivity contribution >= 4 is 17.8 Å². The van der Waals surface area contributed by atoms with E-state index in [2.05, 4.69) is 0 Å². The zero-order valence-electron chi connectivity index (χ0n) is 15.2. The van der Waals surface area contributed by atoms with Gasteiger partial charge in [-0.15, -0.1) is 0 Å². The van der Waals surface area contributed by atoms with Crippen molar-refractivity contribution in [1.29, 1.82) is 0 Å². The average molecular weight is 350 g/mol. The first-order chi connectivity index (χ1) is 12.1. The van der Waals surface area contributed by atoms with Crippen molar-refractivity contribution < 1.29 is 19.1 Å². The molecule has 3 fully saturated rings. The fraction of sp³-hybridized carbons (Fsp3) is 0.842. The van der Waals surface area contributed by atoms with E-state index in [0.29, 0.717) is 38.7 Å². The summed E-state index contributed by atoms with van der Waals surface area (Å²) in [5.74, 6) is -0.490. The number of carbonyl (C=O) groups excluding carboxylic acids is 3. The first kappa shape index (κ1) is 18.2. The minimum atomic E-state index is -0.240. The molecule has 2 heterocycles. The van der Waals surface area contributed by atoms with Crippen LogP contribution >= 0.6 is 0 Å². The first-order valence-corrected chi connectivity index (χ1v) is 9.85. The summed E-state index contributed by atoms with van der Waals surface area (Å²) < 4.78 is 5.11. The van der Waals surface area contributed by atoms with Gasteiger partial charge < -0.3 is 14.5 Å². The number of ether oxygens (including phenoxy) is 1. The van der Waals surface area contributed by atoms with Crippen LogP contribution in [0.1, 0.15) is 58.3 Å². The van der Waals surface area contributed by atoms with Crippen LogP contribution in [0.4, 0.5) is 0 Å². The average Bonchev–Trinajstić information content (AvgIpc) is 3.04. The smallest absolute Gasteiger partial charge is 0.310 e. The molecular weight excluding hydrogens is 320 g/mol. The predicted octanol–water partition coefficient (Wildman–Crippen LogP) is 1.97. The van der Waals surface area contributed by atoms with E-state index in [9.17, 15) is 14.4 Å². The van der Waals surface area contributed by atoms with Crippen molar-refractivity contribution in [3.63, 3.8) is 0 Å². The van der Waals surface area contributed by atoms with Crippen molar-refractivity contribution in [3.05, 3.63) is 0 Å². The number of amides is 2. The van der Waals surface area contributed by atoms with Gasteiger partial charge >= 0.3 is 5.97 Å². The molecule has 0 spiro atoms. The summed E-state index contributed by atoms with van der Waals surface area (Å²) >= 11 is 0. The van der Waals surface area contributed by atoms with Crippen molar-refractivity contribution in [2.45, 2.75) is 64.3 Å². The van der Waals surface area contributed by atoms with Crippen molar-refractivity contribution in [2.24, 2.45) is 11.8 Å². The molecule has 6 nitrogen and oxygen atoms in total. The molecule has 2 atom stereocenters. The van der Waals surface area contributed by atoms with E-state index >= 15 is 0 Å². The van der Waals surface area contributed by atoms with Gasteiger partial charge in [-0.2, -0.15) is 0 Å². The molecule has 3 rings (SSSR count). The van der Waals surface area contributed by atoms with Crippen LogP contribution in [0.2, 0.25) is 0 Å². The summed E-state index contributed by atoms with van der Waals surface area (Å²) in [4.78, 5) is 41.0. The molecule has 0 aromatic heterocycles. The quantitative estimate of drug-likeness (QED) is 0.727. The Morgan fingerprint density at radius 1 is 1.04 bits per heavy atom. The van der Waals surface area contributed by atoms with Crippen LogP contribution in [0.5, 0.6) is 0 Å². The van der Waals surface area contributed by atoms with E-state index in [1.165, 1.54) is 19.3 Å². The van der Waals surface area contributed by atoms with Gasteiger partial charge in [0.05, 0.1) is 18.4 Å². The van der Waals surface area contributed by atoms with E-state index in [0.717, 1.165) is 25.7 Å². The van der Waals surface area contributed by atoms with Crippen LogP contribution in [-0.4, -0.2) is 59.9 Å². The molecule has 3 aliphatic rings. The van der Waals surface area contributed by atoms with E-state index in [1.807, 2.05) is 4.90 Å². The second-order valence-electron chi connectivity index (χ2n) is 7.61. The Kier molecular flexibility index (Phi) is 5.97. The fourth-order valence-corrected chi connectivity index (χ4v) is 4.53. The van der Waals surface area contributed by atoms with Crippen LogP contribution in [0.15, 0.2) is 0 Å². The van der Waals surface area contributed by atoms with Gasteiger partial charge in [0.2, 0.25) is 11.8 Å². The Hall–Kier alpha value is -1.59. The Morgan fingerprint density at radius 3 is 2.52 bits per heavy atom. The molecular formula is C19H30N2O4. The molecule has 2 saturated heterocycles. The number of likely N-dealkylation sites (tertiary alicyclic amines) is 2. The first-order valence-electron chi connectivity index (χ1n) is 9.85. The molecule has 1 saturated carbocycles. The molecule has 2 amide bonds. The predicted molar refractivity (Wildman–Crippen MR) is 92.6 cm³/mol. The zero-order chi connectivity index (χ0) is 17.8. The highest BCUT2D eigenvalue weighted by Crippen LogP contribution is 2.30. The van der Waals surface area contributed by atoms with Crippen LogP contribution in [0.25, 0.3) is 0 Å². The molecule has 0 unspecified atom stereocenters. The van der Waals surface area contributed by atoms with E-state index in [-0.39, 0.29) is 29.6 Å². The maximum Gasteiger partial charge on any atom is 0.310 e. The van der Waals surface area contributed by atoms with Crippen LogP contribution in [0.3, 0.4) is 0 Å². The number of piperidine rings is 1. The van der Waals surface area contributed by atoms with Gasteiger partial charge in [-0.3, -0.25) is 14.4 Å². The number of nitrogens with zero attached hydrogens (tertiary/aromatic N) is 2. The van der Waals surface area contributed by atoms with Crippen molar-refractivity contribution in [3.8, 4) is 0 Å². The minimum absolute atomic E-state index is 0.0423. The summed E-state index contributed by atoms with van der Waals surface area (Å²) in [5, 5.41) is 0. The molecule has 1 aliphatic carbocycles. The third-order valence-corrected chi connectivity index (χ3v) is 5.88. The monoisotopic (exact) mass is 350 g/mol. The lowest BCUT2D eigenvalue weighted by molar-refractivity contribution is -0.152. The standard InChI is InChI=1S/C19H30N2O4/c1-2-25-19(24)14-7-6-10-20(12-14)18(23)15-11-17(22)21(13-15)16-8-4-3-5-9-16/h14-16H,2-13H2,1H3/t14-,15-/m1/s1. The summed E-state index contributed by atoms with van der Waals surface area (Å²) in [6.07, 6.45) is 7.69. The fourth-order valence-electron chi connectivity index (χ4n) is 4.53. The van der Waals surface area contributed by atoms with Gasteiger partial charge in [-0.05, 0) is 32.6 Å². The van der Waals surface area contributed by atoms with Crippen LogP contribution in [0, 0.1) is 11.8 Å². The highest BCUT2D eigenvalue weighted by molar-refractivity contribution is 5.89. The number of hydrogen-bond donors (Lipinski definition) is 0. The molecule has 0 aromatic carbocycles. The molecule has 0 aromatic rings. The van der Waals surface area contributed by atoms with Gasteiger partial charge in [-0.25, -0.2) is 0 Å². The lowest BCUT2D eigenvalue weighted by atomic mass is 9.94. The van der Waals surface area contributed by atoms with Gasteiger partial charge in [0, 0.05) is 32.1 Å². The third kappa shape index (κ3) is 4.15. The van der Waals surface area contributed by atoms with Crippen molar-refractivity contribution in [1.82, 2.24) is 9.80 Å². The van der Waals surface area contributed by atoms with Gasteiger partial charge in [0.1, 0.15) is 0 Å². The molecule has 2 aliphatic heterocycles. The molecule has 140 valence electrons. The minimum Gasteiger partial charge on any atom is -0.466 e. The van der Waals surface area contributed by atoms with Crippen molar-refractivity contribution in [2.75, 3.05) is 26.2 Å². The number of rotatable bonds is 4. The lowest BCUT2D eigenvalue weighted by Gasteiger charge is -2.34. The molecule has 6 heteroatoms. The lowest BCUT2D eigenvalue weighted by Crippen LogP contribution is -2.46. The maximum atomic E-state index is 12.9. The molecule has 25 heavy (non-hydrogen) atoms. The second-order valence-corrected chi connectivity index (χ2v) is 7.61. The topological polar surface area (TPSA) is 66.9 Å². The largest absolute Gasteiger partial charge is 0.466 e. The van der Waals surface area contributed by atoms with Gasteiger partial charge in [0.25, 0.3) is 0 Å². The Labute approximate surface area is 149 Å². The molecule has 0 radical (unpaired) electrons. The Balaban J connectivity index is 1.57. The van der Waals surface area contributed by atoms with Crippen LogP contribution in [-0.2, 0) is 19.1 Å². The summed E-state index contributed by atoms with van der Waals surface area (Å²) in [7, 11) is 0. The Bertz CT molecular complexity index is 516. The van der Waals surface area contributed by atoms with E-state index in [4.69, 9.17) is 4.74 Å². The summed E-state index contributed by atoms with van der Waals surface area (Å²) in [6.45, 7) is 3.85. The van der Waals surface area contributed by atoms with E-state index in [1.54, 1.807) is 11.8 Å². The second kappa shape index (κ2) is 8.19. The molecule has 0 N–H and O–H groups in total. The van der Waals surface area contributed by atoms with E-state index < -0.39 is 0 Å². The highest BCUT2D eigenvalue weighted by Gasteiger charge is 2.41. The zero-order valence-corrected chi connectivity index (χ0v) is 15.2.